The third-order valence-corrected chi connectivity index (χ3v) is 3.50. The Bertz CT molecular complexity index is 984. The van der Waals surface area contributed by atoms with E-state index >= 15 is 0 Å². The zero-order chi connectivity index (χ0) is 19.4. The fourth-order valence-electron chi connectivity index (χ4n) is 2.27. The summed E-state index contributed by atoms with van der Waals surface area (Å²) < 4.78 is 27.8. The molecule has 134 valence electrons. The second kappa shape index (κ2) is 7.86. The summed E-state index contributed by atoms with van der Waals surface area (Å²) in [5.41, 5.74) is 1.51. The van der Waals surface area contributed by atoms with Crippen LogP contribution in [0.15, 0.2) is 53.7 Å². The van der Waals surface area contributed by atoms with Crippen LogP contribution in [0.1, 0.15) is 20.8 Å². The van der Waals surface area contributed by atoms with Gasteiger partial charge < -0.3 is 4.74 Å². The summed E-state index contributed by atoms with van der Waals surface area (Å²) in [5.74, 6) is -0.756. The van der Waals surface area contributed by atoms with Crippen molar-refractivity contribution in [2.24, 2.45) is 5.89 Å². The first kappa shape index (κ1) is 16.4. The molecule has 0 saturated carbocycles. The summed E-state index contributed by atoms with van der Waals surface area (Å²) >= 11 is 0. The Kier molecular flexibility index (Phi) is 4.95. The van der Waals surface area contributed by atoms with E-state index in [1.807, 2.05) is 0 Å². The van der Waals surface area contributed by atoms with Crippen LogP contribution in [0.25, 0.3) is 11.3 Å². The molecule has 3 aromatic rings. The molecule has 6 nitrogen and oxygen atoms in total. The van der Waals surface area contributed by atoms with Gasteiger partial charge in [-0.3, -0.25) is 9.78 Å². The maximum absolute atomic E-state index is 13.3. The fourth-order valence-corrected chi connectivity index (χ4v) is 2.27. The number of rotatable bonds is 6. The van der Waals surface area contributed by atoms with Gasteiger partial charge in [-0.25, -0.2) is 14.1 Å². The minimum absolute atomic E-state index is 0.116. The van der Waals surface area contributed by atoms with Crippen LogP contribution in [0.4, 0.5) is 4.39 Å². The van der Waals surface area contributed by atoms with E-state index in [4.69, 9.17) is 6.11 Å². The zero-order valence-corrected chi connectivity index (χ0v) is 14.5. The number of nitrogens with zero attached hydrogens (tertiary/aromatic N) is 4. The molecule has 7 heteroatoms. The Balaban J connectivity index is 1.80. The first-order valence-electron chi connectivity index (χ1n) is 8.57. The van der Waals surface area contributed by atoms with Gasteiger partial charge in [0.2, 0.25) is 5.88 Å². The molecule has 0 aliphatic rings. The number of ether oxygens (including phenoxy) is 1. The molecule has 0 bridgehead atoms. The first-order valence-corrected chi connectivity index (χ1v) is 8.07. The lowest BCUT2D eigenvalue weighted by Crippen LogP contribution is -2.23. The van der Waals surface area contributed by atoms with Crippen molar-refractivity contribution in [1.82, 2.24) is 19.7 Å². The predicted octanol–water partition coefficient (Wildman–Crippen LogP) is 2.92. The van der Waals surface area contributed by atoms with Crippen molar-refractivity contribution in [3.05, 3.63) is 70.7 Å². The summed E-state index contributed by atoms with van der Waals surface area (Å²) in [4.78, 5) is 20.1. The highest BCUT2D eigenvalue weighted by molar-refractivity contribution is 5.57. The number of hydrogen-bond acceptors (Lipinski definition) is 5. The van der Waals surface area contributed by atoms with Crippen molar-refractivity contribution in [3.8, 4) is 17.1 Å². The number of halogens is 1. The van der Waals surface area contributed by atoms with Crippen molar-refractivity contribution >= 4 is 0 Å². The average Bonchev–Trinajstić information content (AvgIpc) is 2.62. The highest BCUT2D eigenvalue weighted by Crippen LogP contribution is 2.17. The lowest BCUT2D eigenvalue weighted by molar-refractivity contribution is 0.261. The van der Waals surface area contributed by atoms with Gasteiger partial charge in [-0.05, 0) is 29.7 Å². The molecule has 3 heterocycles. The smallest absolute Gasteiger partial charge is 0.267 e. The standard InChI is InChI=1S/C19H19FN4O2/c1-13(2)12-26-18-5-3-15(9-22-18)17-4-6-19(25)24(23-17)11-14-7-16(20)10-21-8-14/h3-10,13H,11-12H2,1-2H3/i13D. The molecule has 0 aliphatic heterocycles. The molecule has 26 heavy (non-hydrogen) atoms. The van der Waals surface area contributed by atoms with Crippen molar-refractivity contribution in [2.75, 3.05) is 6.61 Å². The van der Waals surface area contributed by atoms with Gasteiger partial charge in [-0.2, -0.15) is 5.10 Å². The minimum Gasteiger partial charge on any atom is -0.477 e. The lowest BCUT2D eigenvalue weighted by Gasteiger charge is -2.09. The Labute approximate surface area is 151 Å². The number of pyridine rings is 2. The Morgan fingerprint density at radius 2 is 2.08 bits per heavy atom. The molecular weight excluding hydrogens is 335 g/mol. The topological polar surface area (TPSA) is 69.9 Å². The van der Waals surface area contributed by atoms with Crippen LogP contribution in [0.5, 0.6) is 5.88 Å². The molecule has 0 spiro atoms. The van der Waals surface area contributed by atoms with E-state index in [-0.39, 0.29) is 18.7 Å². The van der Waals surface area contributed by atoms with Gasteiger partial charge in [-0.1, -0.05) is 13.8 Å². The minimum atomic E-state index is -0.705. The second-order valence-electron chi connectivity index (χ2n) is 6.11. The molecule has 0 radical (unpaired) electrons. The summed E-state index contributed by atoms with van der Waals surface area (Å²) in [7, 11) is 0. The van der Waals surface area contributed by atoms with Crippen molar-refractivity contribution in [1.29, 1.82) is 0 Å². The molecule has 0 amide bonds. The fraction of sp³-hybridized carbons (Fsp3) is 0.263. The van der Waals surface area contributed by atoms with Crippen molar-refractivity contribution in [3.63, 3.8) is 0 Å². The van der Waals surface area contributed by atoms with E-state index in [2.05, 4.69) is 15.1 Å². The van der Waals surface area contributed by atoms with Gasteiger partial charge >= 0.3 is 0 Å². The van der Waals surface area contributed by atoms with Gasteiger partial charge in [-0.15, -0.1) is 0 Å². The maximum atomic E-state index is 13.3. The van der Waals surface area contributed by atoms with Crippen LogP contribution in [0.2, 0.25) is 0 Å². The van der Waals surface area contributed by atoms with E-state index < -0.39 is 11.7 Å². The molecule has 0 aliphatic carbocycles. The number of hydrogen-bond donors (Lipinski definition) is 0. The average molecular weight is 355 g/mol. The molecule has 0 aromatic carbocycles. The van der Waals surface area contributed by atoms with Crippen molar-refractivity contribution in [2.45, 2.75) is 20.4 Å². The van der Waals surface area contributed by atoms with Gasteiger partial charge in [0.1, 0.15) is 5.82 Å². The molecule has 0 atom stereocenters. The van der Waals surface area contributed by atoms with Crippen molar-refractivity contribution < 1.29 is 10.5 Å². The third kappa shape index (κ3) is 4.50. The van der Waals surface area contributed by atoms with Crippen LogP contribution in [0, 0.1) is 11.7 Å². The van der Waals surface area contributed by atoms with Crippen LogP contribution in [-0.2, 0) is 6.54 Å². The van der Waals surface area contributed by atoms with Gasteiger partial charge in [0, 0.05) is 31.5 Å². The SMILES string of the molecule is [2H]C(C)(C)COc1ccc(-c2ccc(=O)n(Cc3cncc(F)c3)n2)cn1. The van der Waals surface area contributed by atoms with Gasteiger partial charge in [0.15, 0.2) is 0 Å². The molecule has 3 aromatic heterocycles. The van der Waals surface area contributed by atoms with Gasteiger partial charge in [0.05, 0.1) is 25.0 Å². The molecule has 0 saturated heterocycles. The Morgan fingerprint density at radius 1 is 1.23 bits per heavy atom. The molecular formula is C19H19FN4O2. The van der Waals surface area contributed by atoms with E-state index in [0.717, 1.165) is 6.20 Å². The van der Waals surface area contributed by atoms with Gasteiger partial charge in [0.25, 0.3) is 5.56 Å². The Morgan fingerprint density at radius 3 is 2.77 bits per heavy atom. The van der Waals surface area contributed by atoms with E-state index in [0.29, 0.717) is 22.7 Å². The molecule has 0 N–H and O–H groups in total. The number of aromatic nitrogens is 4. The largest absolute Gasteiger partial charge is 0.477 e. The summed E-state index contributed by atoms with van der Waals surface area (Å²) in [6.45, 7) is 3.85. The predicted molar refractivity (Wildman–Crippen MR) is 95.4 cm³/mol. The highest BCUT2D eigenvalue weighted by Gasteiger charge is 2.07. The van der Waals surface area contributed by atoms with E-state index in [9.17, 15) is 9.18 Å². The van der Waals surface area contributed by atoms with Crippen LogP contribution < -0.4 is 10.3 Å². The first-order chi connectivity index (χ1) is 12.8. The molecule has 0 unspecified atom stereocenters. The molecule has 3 rings (SSSR count). The monoisotopic (exact) mass is 355 g/mol. The van der Waals surface area contributed by atoms with Crippen LogP contribution in [0.3, 0.4) is 0 Å². The van der Waals surface area contributed by atoms with E-state index in [1.165, 1.54) is 23.0 Å². The second-order valence-corrected chi connectivity index (χ2v) is 6.11. The van der Waals surface area contributed by atoms with Crippen LogP contribution >= 0.6 is 0 Å². The van der Waals surface area contributed by atoms with E-state index in [1.54, 1.807) is 38.2 Å². The normalized spacial score (nSPS) is 11.9. The third-order valence-electron chi connectivity index (χ3n) is 3.50. The van der Waals surface area contributed by atoms with Crippen LogP contribution in [-0.4, -0.2) is 26.4 Å². The quantitative estimate of drug-likeness (QED) is 0.680. The zero-order valence-electron chi connectivity index (χ0n) is 15.5. The molecule has 0 fully saturated rings. The maximum Gasteiger partial charge on any atom is 0.267 e. The summed E-state index contributed by atoms with van der Waals surface area (Å²) in [6.07, 6.45) is 4.19. The summed E-state index contributed by atoms with van der Waals surface area (Å²) in [5, 5.41) is 4.33. The summed E-state index contributed by atoms with van der Waals surface area (Å²) in [6, 6.07) is 7.79. The lowest BCUT2D eigenvalue weighted by atomic mass is 10.2. The highest BCUT2D eigenvalue weighted by atomic mass is 19.1. The Hall–Kier alpha value is -3.09.